The Morgan fingerprint density at radius 3 is 2.43 bits per heavy atom. The van der Waals surface area contributed by atoms with Crippen molar-refractivity contribution in [1.82, 2.24) is 0 Å². The number of phenols is 1. The fourth-order valence-corrected chi connectivity index (χ4v) is 2.03. The van der Waals surface area contributed by atoms with Crippen molar-refractivity contribution in [2.24, 2.45) is 0 Å². The first-order valence-corrected chi connectivity index (χ1v) is 6.06. The molecule has 0 aliphatic carbocycles. The average Bonchev–Trinajstić information content (AvgIpc) is 2.48. The molecule has 1 N–H and O–H groups in total. The Balaban J connectivity index is 2.14. The highest BCUT2D eigenvalue weighted by atomic mass is 16.6. The van der Waals surface area contributed by atoms with Crippen LogP contribution < -0.4 is 5.43 Å². The number of rotatable bonds is 2. The third kappa shape index (κ3) is 2.34. The number of aromatic hydroxyl groups is 1. The highest BCUT2D eigenvalue weighted by Crippen LogP contribution is 2.25. The standard InChI is InChI=1S/C15H9NO5/c17-11-5-6-14-12(7-11)13(18)8-15(21-14)9-1-3-10(4-2-9)16(19)20/h1-8,17H. The molecule has 0 atom stereocenters. The molecule has 3 rings (SSSR count). The molecule has 0 unspecified atom stereocenters. The molecule has 1 heterocycles. The van der Waals surface area contributed by atoms with Crippen LogP contribution in [0.25, 0.3) is 22.3 Å². The van der Waals surface area contributed by atoms with E-state index in [1.54, 1.807) is 0 Å². The van der Waals surface area contributed by atoms with Crippen LogP contribution in [0.1, 0.15) is 0 Å². The van der Waals surface area contributed by atoms with E-state index in [-0.39, 0.29) is 22.3 Å². The highest BCUT2D eigenvalue weighted by molar-refractivity contribution is 5.80. The van der Waals surface area contributed by atoms with Crippen molar-refractivity contribution < 1.29 is 14.4 Å². The maximum atomic E-state index is 12.0. The predicted molar refractivity (Wildman–Crippen MR) is 76.2 cm³/mol. The van der Waals surface area contributed by atoms with E-state index in [1.807, 2.05) is 0 Å². The molecule has 0 aliphatic rings. The van der Waals surface area contributed by atoms with Gasteiger partial charge in [0.15, 0.2) is 5.43 Å². The van der Waals surface area contributed by atoms with Crippen molar-refractivity contribution in [3.63, 3.8) is 0 Å². The van der Waals surface area contributed by atoms with Crippen molar-refractivity contribution in [2.45, 2.75) is 0 Å². The molecule has 104 valence electrons. The Kier molecular flexibility index (Phi) is 2.91. The second-order valence-electron chi connectivity index (χ2n) is 4.46. The fraction of sp³-hybridized carbons (Fsp3) is 0. The van der Waals surface area contributed by atoms with Gasteiger partial charge >= 0.3 is 0 Å². The Labute approximate surface area is 118 Å². The molecule has 0 saturated carbocycles. The summed E-state index contributed by atoms with van der Waals surface area (Å²) in [6.07, 6.45) is 0. The number of non-ortho nitro benzene ring substituents is 1. The number of fused-ring (bicyclic) bond motifs is 1. The molecule has 0 saturated heterocycles. The number of nitro benzene ring substituents is 1. The van der Waals surface area contributed by atoms with Crippen LogP contribution in [0, 0.1) is 10.1 Å². The van der Waals surface area contributed by atoms with Gasteiger partial charge in [-0.2, -0.15) is 0 Å². The highest BCUT2D eigenvalue weighted by Gasteiger charge is 2.10. The molecular weight excluding hydrogens is 274 g/mol. The molecule has 3 aromatic rings. The number of benzene rings is 2. The van der Waals surface area contributed by atoms with Gasteiger partial charge in [-0.15, -0.1) is 0 Å². The SMILES string of the molecule is O=c1cc(-c2ccc([N+](=O)[O-])cc2)oc2ccc(O)cc12. The monoisotopic (exact) mass is 283 g/mol. The summed E-state index contributed by atoms with van der Waals surface area (Å²) in [7, 11) is 0. The van der Waals surface area contributed by atoms with Gasteiger partial charge in [-0.05, 0) is 30.3 Å². The van der Waals surface area contributed by atoms with Gasteiger partial charge < -0.3 is 9.52 Å². The lowest BCUT2D eigenvalue weighted by atomic mass is 10.1. The molecular formula is C15H9NO5. The minimum Gasteiger partial charge on any atom is -0.508 e. The number of hydrogen-bond acceptors (Lipinski definition) is 5. The minimum atomic E-state index is -0.497. The van der Waals surface area contributed by atoms with Crippen molar-refractivity contribution in [3.05, 3.63) is 68.9 Å². The normalized spacial score (nSPS) is 10.7. The molecule has 0 aliphatic heterocycles. The summed E-state index contributed by atoms with van der Waals surface area (Å²) in [6, 6.07) is 11.3. The second-order valence-corrected chi connectivity index (χ2v) is 4.46. The van der Waals surface area contributed by atoms with Gasteiger partial charge in [0.1, 0.15) is 17.1 Å². The fourth-order valence-electron chi connectivity index (χ4n) is 2.03. The lowest BCUT2D eigenvalue weighted by Gasteiger charge is -2.03. The Bertz CT molecular complexity index is 896. The molecule has 0 amide bonds. The van der Waals surface area contributed by atoms with Gasteiger partial charge in [0.05, 0.1) is 10.3 Å². The van der Waals surface area contributed by atoms with Crippen molar-refractivity contribution >= 4 is 16.7 Å². The number of hydrogen-bond donors (Lipinski definition) is 1. The van der Waals surface area contributed by atoms with E-state index < -0.39 is 4.92 Å². The smallest absolute Gasteiger partial charge is 0.269 e. The van der Waals surface area contributed by atoms with Gasteiger partial charge in [-0.1, -0.05) is 0 Å². The summed E-state index contributed by atoms with van der Waals surface area (Å²) in [5, 5.41) is 20.3. The molecule has 0 spiro atoms. The van der Waals surface area contributed by atoms with E-state index in [2.05, 4.69) is 0 Å². The number of nitro groups is 1. The molecule has 2 aromatic carbocycles. The third-order valence-corrected chi connectivity index (χ3v) is 3.07. The van der Waals surface area contributed by atoms with Crippen LogP contribution in [0.15, 0.2) is 57.7 Å². The first-order chi connectivity index (χ1) is 10.0. The number of nitrogens with zero attached hydrogens (tertiary/aromatic N) is 1. The first-order valence-electron chi connectivity index (χ1n) is 6.06. The zero-order valence-corrected chi connectivity index (χ0v) is 10.6. The van der Waals surface area contributed by atoms with E-state index in [1.165, 1.54) is 48.5 Å². The van der Waals surface area contributed by atoms with Gasteiger partial charge in [-0.3, -0.25) is 14.9 Å². The van der Waals surface area contributed by atoms with Crippen LogP contribution in [0.4, 0.5) is 5.69 Å². The van der Waals surface area contributed by atoms with E-state index in [9.17, 15) is 20.0 Å². The third-order valence-electron chi connectivity index (χ3n) is 3.07. The minimum absolute atomic E-state index is 0.0158. The molecule has 1 aromatic heterocycles. The van der Waals surface area contributed by atoms with Gasteiger partial charge in [0.25, 0.3) is 5.69 Å². The molecule has 0 bridgehead atoms. The molecule has 6 heteroatoms. The van der Waals surface area contributed by atoms with Crippen molar-refractivity contribution in [1.29, 1.82) is 0 Å². The molecule has 0 radical (unpaired) electrons. The van der Waals surface area contributed by atoms with Gasteiger partial charge in [-0.25, -0.2) is 0 Å². The van der Waals surface area contributed by atoms with Crippen LogP contribution in [0.5, 0.6) is 5.75 Å². The summed E-state index contributed by atoms with van der Waals surface area (Å²) in [5.74, 6) is 0.297. The second kappa shape index (κ2) is 4.75. The summed E-state index contributed by atoms with van der Waals surface area (Å²) in [6.45, 7) is 0. The summed E-state index contributed by atoms with van der Waals surface area (Å²) in [4.78, 5) is 22.1. The summed E-state index contributed by atoms with van der Waals surface area (Å²) in [5.41, 5.74) is 0.577. The van der Waals surface area contributed by atoms with Gasteiger partial charge in [0.2, 0.25) is 0 Å². The lowest BCUT2D eigenvalue weighted by Crippen LogP contribution is -2.00. The quantitative estimate of drug-likeness (QED) is 0.576. The maximum Gasteiger partial charge on any atom is 0.269 e. The first kappa shape index (κ1) is 12.9. The zero-order chi connectivity index (χ0) is 15.0. The molecule has 21 heavy (non-hydrogen) atoms. The summed E-state index contributed by atoms with van der Waals surface area (Å²) >= 11 is 0. The van der Waals surface area contributed by atoms with E-state index in [0.29, 0.717) is 16.9 Å². The van der Waals surface area contributed by atoms with Crippen LogP contribution in [-0.4, -0.2) is 10.0 Å². The predicted octanol–water partition coefficient (Wildman–Crippen LogP) is 3.07. The van der Waals surface area contributed by atoms with E-state index in [0.717, 1.165) is 0 Å². The molecule has 0 fully saturated rings. The topological polar surface area (TPSA) is 93.6 Å². The van der Waals surface area contributed by atoms with E-state index >= 15 is 0 Å². The van der Waals surface area contributed by atoms with Gasteiger partial charge in [0, 0.05) is 23.8 Å². The average molecular weight is 283 g/mol. The lowest BCUT2D eigenvalue weighted by molar-refractivity contribution is -0.384. The Hall–Kier alpha value is -3.15. The largest absolute Gasteiger partial charge is 0.508 e. The van der Waals surface area contributed by atoms with Crippen LogP contribution in [0.2, 0.25) is 0 Å². The number of phenolic OH excluding ortho intramolecular Hbond substituents is 1. The van der Waals surface area contributed by atoms with Crippen molar-refractivity contribution in [2.75, 3.05) is 0 Å². The van der Waals surface area contributed by atoms with Crippen molar-refractivity contribution in [3.8, 4) is 17.1 Å². The Morgan fingerprint density at radius 2 is 1.76 bits per heavy atom. The maximum absolute atomic E-state index is 12.0. The zero-order valence-electron chi connectivity index (χ0n) is 10.6. The summed E-state index contributed by atoms with van der Waals surface area (Å²) < 4.78 is 5.60. The Morgan fingerprint density at radius 1 is 1.05 bits per heavy atom. The van der Waals surface area contributed by atoms with Crippen LogP contribution in [-0.2, 0) is 0 Å². The van der Waals surface area contributed by atoms with Crippen LogP contribution >= 0.6 is 0 Å². The van der Waals surface area contributed by atoms with Crippen LogP contribution in [0.3, 0.4) is 0 Å². The molecule has 6 nitrogen and oxygen atoms in total. The van der Waals surface area contributed by atoms with E-state index in [4.69, 9.17) is 4.42 Å².